The number of aromatic nitrogens is 2. The Hall–Kier alpha value is -2.50. The van der Waals surface area contributed by atoms with Gasteiger partial charge < -0.3 is 14.6 Å². The third kappa shape index (κ3) is 2.37. The SMILES string of the molecule is COc1ccc(-c2cn(C)nc2C(=O)O)cc1OC. The number of carbonyl (C=O) groups is 1. The second-order valence-corrected chi connectivity index (χ2v) is 3.94. The topological polar surface area (TPSA) is 73.6 Å². The smallest absolute Gasteiger partial charge is 0.357 e. The zero-order valence-electron chi connectivity index (χ0n) is 10.9. The van der Waals surface area contributed by atoms with Crippen LogP contribution in [0.15, 0.2) is 24.4 Å². The van der Waals surface area contributed by atoms with Gasteiger partial charge in [0.25, 0.3) is 0 Å². The summed E-state index contributed by atoms with van der Waals surface area (Å²) in [5, 5.41) is 13.1. The molecule has 0 fully saturated rings. The molecule has 0 saturated heterocycles. The van der Waals surface area contributed by atoms with Crippen LogP contribution in [-0.2, 0) is 7.05 Å². The second kappa shape index (κ2) is 5.01. The van der Waals surface area contributed by atoms with Crippen molar-refractivity contribution in [3.8, 4) is 22.6 Å². The molecular weight excluding hydrogens is 248 g/mol. The summed E-state index contributed by atoms with van der Waals surface area (Å²) in [6.07, 6.45) is 1.66. The van der Waals surface area contributed by atoms with Crippen LogP contribution in [0.5, 0.6) is 11.5 Å². The van der Waals surface area contributed by atoms with Crippen LogP contribution in [0.4, 0.5) is 0 Å². The third-order valence-corrected chi connectivity index (χ3v) is 2.73. The zero-order chi connectivity index (χ0) is 14.0. The van der Waals surface area contributed by atoms with Gasteiger partial charge in [-0.1, -0.05) is 6.07 Å². The Morgan fingerprint density at radius 1 is 1.26 bits per heavy atom. The molecule has 1 aromatic heterocycles. The summed E-state index contributed by atoms with van der Waals surface area (Å²) in [4.78, 5) is 11.2. The van der Waals surface area contributed by atoms with Gasteiger partial charge in [-0.3, -0.25) is 4.68 Å². The van der Waals surface area contributed by atoms with E-state index in [0.717, 1.165) is 0 Å². The second-order valence-electron chi connectivity index (χ2n) is 3.94. The van der Waals surface area contributed by atoms with Crippen molar-refractivity contribution < 1.29 is 19.4 Å². The number of aryl methyl sites for hydroxylation is 1. The molecule has 2 rings (SSSR count). The summed E-state index contributed by atoms with van der Waals surface area (Å²) in [6, 6.07) is 5.22. The Labute approximate surface area is 110 Å². The maximum Gasteiger partial charge on any atom is 0.357 e. The Balaban J connectivity index is 2.56. The van der Waals surface area contributed by atoms with Crippen molar-refractivity contribution in [3.05, 3.63) is 30.1 Å². The van der Waals surface area contributed by atoms with E-state index >= 15 is 0 Å². The molecule has 0 amide bonds. The molecule has 0 aliphatic carbocycles. The monoisotopic (exact) mass is 262 g/mol. The first kappa shape index (κ1) is 12.9. The fourth-order valence-electron chi connectivity index (χ4n) is 1.86. The molecule has 6 heteroatoms. The molecule has 6 nitrogen and oxygen atoms in total. The van der Waals surface area contributed by atoms with E-state index in [0.29, 0.717) is 22.6 Å². The van der Waals surface area contributed by atoms with Crippen LogP contribution in [-0.4, -0.2) is 35.1 Å². The number of methoxy groups -OCH3 is 2. The molecule has 0 aliphatic rings. The van der Waals surface area contributed by atoms with Gasteiger partial charge in [0.2, 0.25) is 0 Å². The molecule has 0 spiro atoms. The van der Waals surface area contributed by atoms with E-state index in [1.165, 1.54) is 11.8 Å². The fraction of sp³-hybridized carbons (Fsp3) is 0.231. The Kier molecular flexibility index (Phi) is 3.41. The molecule has 0 atom stereocenters. The van der Waals surface area contributed by atoms with Crippen LogP contribution in [0.25, 0.3) is 11.1 Å². The molecule has 0 bridgehead atoms. The van der Waals surface area contributed by atoms with Gasteiger partial charge in [0, 0.05) is 18.8 Å². The number of hydrogen-bond donors (Lipinski definition) is 1. The van der Waals surface area contributed by atoms with Gasteiger partial charge in [0.15, 0.2) is 17.2 Å². The summed E-state index contributed by atoms with van der Waals surface area (Å²) < 4.78 is 11.8. The van der Waals surface area contributed by atoms with E-state index in [1.807, 2.05) is 0 Å². The largest absolute Gasteiger partial charge is 0.493 e. The first-order valence-electron chi connectivity index (χ1n) is 5.56. The summed E-state index contributed by atoms with van der Waals surface area (Å²) >= 11 is 0. The van der Waals surface area contributed by atoms with Crippen molar-refractivity contribution in [3.63, 3.8) is 0 Å². The van der Waals surface area contributed by atoms with Gasteiger partial charge in [-0.15, -0.1) is 0 Å². The molecule has 0 saturated carbocycles. The van der Waals surface area contributed by atoms with Crippen molar-refractivity contribution in [2.45, 2.75) is 0 Å². The molecular formula is C13H14N2O4. The van der Waals surface area contributed by atoms with E-state index in [2.05, 4.69) is 5.10 Å². The Bertz CT molecular complexity index is 619. The summed E-state index contributed by atoms with van der Waals surface area (Å²) in [6.45, 7) is 0. The lowest BCUT2D eigenvalue weighted by Gasteiger charge is -2.09. The predicted octanol–water partition coefficient (Wildman–Crippen LogP) is 1.80. The van der Waals surface area contributed by atoms with Crippen LogP contribution in [0.1, 0.15) is 10.5 Å². The first-order valence-corrected chi connectivity index (χ1v) is 5.56. The fourth-order valence-corrected chi connectivity index (χ4v) is 1.86. The van der Waals surface area contributed by atoms with E-state index in [-0.39, 0.29) is 5.69 Å². The van der Waals surface area contributed by atoms with Crippen molar-refractivity contribution in [2.24, 2.45) is 7.05 Å². The number of rotatable bonds is 4. The predicted molar refractivity (Wildman–Crippen MR) is 68.7 cm³/mol. The molecule has 100 valence electrons. The van der Waals surface area contributed by atoms with E-state index in [4.69, 9.17) is 14.6 Å². The number of hydrogen-bond acceptors (Lipinski definition) is 4. The molecule has 0 unspecified atom stereocenters. The summed E-state index contributed by atoms with van der Waals surface area (Å²) in [7, 11) is 4.75. The third-order valence-electron chi connectivity index (χ3n) is 2.73. The minimum Gasteiger partial charge on any atom is -0.493 e. The van der Waals surface area contributed by atoms with Gasteiger partial charge in [-0.25, -0.2) is 4.79 Å². The highest BCUT2D eigenvalue weighted by Crippen LogP contribution is 2.33. The maximum absolute atomic E-state index is 11.2. The maximum atomic E-state index is 11.2. The minimum absolute atomic E-state index is 0.00900. The number of ether oxygens (including phenoxy) is 2. The number of aromatic carboxylic acids is 1. The lowest BCUT2D eigenvalue weighted by molar-refractivity contribution is 0.0690. The van der Waals surface area contributed by atoms with Gasteiger partial charge in [-0.05, 0) is 17.7 Å². The quantitative estimate of drug-likeness (QED) is 0.909. The molecule has 1 N–H and O–H groups in total. The van der Waals surface area contributed by atoms with Crippen molar-refractivity contribution >= 4 is 5.97 Å². The minimum atomic E-state index is -1.06. The van der Waals surface area contributed by atoms with Crippen LogP contribution >= 0.6 is 0 Å². The summed E-state index contributed by atoms with van der Waals surface area (Å²) in [5.41, 5.74) is 1.26. The number of carboxylic acids is 1. The number of benzene rings is 1. The van der Waals surface area contributed by atoms with Crippen LogP contribution < -0.4 is 9.47 Å². The Morgan fingerprint density at radius 3 is 2.53 bits per heavy atom. The van der Waals surface area contributed by atoms with Crippen molar-refractivity contribution in [1.29, 1.82) is 0 Å². The lowest BCUT2D eigenvalue weighted by Crippen LogP contribution is -2.00. The summed E-state index contributed by atoms with van der Waals surface area (Å²) in [5.74, 6) is 0.0672. The van der Waals surface area contributed by atoms with Crippen molar-refractivity contribution in [2.75, 3.05) is 14.2 Å². The molecule has 1 heterocycles. The van der Waals surface area contributed by atoms with Crippen LogP contribution in [0.2, 0.25) is 0 Å². The van der Waals surface area contributed by atoms with Gasteiger partial charge in [0.1, 0.15) is 0 Å². The number of carboxylic acid groups (broad SMARTS) is 1. The highest BCUT2D eigenvalue weighted by atomic mass is 16.5. The highest BCUT2D eigenvalue weighted by molar-refractivity contribution is 5.94. The van der Waals surface area contributed by atoms with E-state index < -0.39 is 5.97 Å². The highest BCUT2D eigenvalue weighted by Gasteiger charge is 2.17. The van der Waals surface area contributed by atoms with Gasteiger partial charge in [-0.2, -0.15) is 5.10 Å². The number of nitrogens with zero attached hydrogens (tertiary/aromatic N) is 2. The molecule has 1 aromatic carbocycles. The molecule has 0 aliphatic heterocycles. The molecule has 0 radical (unpaired) electrons. The van der Waals surface area contributed by atoms with E-state index in [9.17, 15) is 4.79 Å². The van der Waals surface area contributed by atoms with Crippen LogP contribution in [0, 0.1) is 0 Å². The normalized spacial score (nSPS) is 10.3. The zero-order valence-corrected chi connectivity index (χ0v) is 10.9. The molecule has 19 heavy (non-hydrogen) atoms. The van der Waals surface area contributed by atoms with E-state index in [1.54, 1.807) is 38.6 Å². The van der Waals surface area contributed by atoms with Crippen LogP contribution in [0.3, 0.4) is 0 Å². The standard InChI is InChI=1S/C13H14N2O4/c1-15-7-9(12(14-15)13(16)17)8-4-5-10(18-2)11(6-8)19-3/h4-7H,1-3H3,(H,16,17). The Morgan fingerprint density at radius 2 is 1.95 bits per heavy atom. The average Bonchev–Trinajstić information content (AvgIpc) is 2.80. The average molecular weight is 262 g/mol. The first-order chi connectivity index (χ1) is 9.06. The molecule has 2 aromatic rings. The van der Waals surface area contributed by atoms with Crippen molar-refractivity contribution in [1.82, 2.24) is 9.78 Å². The van der Waals surface area contributed by atoms with Gasteiger partial charge in [0.05, 0.1) is 14.2 Å². The van der Waals surface area contributed by atoms with Gasteiger partial charge >= 0.3 is 5.97 Å². The lowest BCUT2D eigenvalue weighted by atomic mass is 10.1.